The Bertz CT molecular complexity index is 542. The first-order valence-corrected chi connectivity index (χ1v) is 10.2. The Labute approximate surface area is 137 Å². The van der Waals surface area contributed by atoms with Crippen LogP contribution in [0.1, 0.15) is 12.0 Å². The number of hydrogen-bond acceptors (Lipinski definition) is 4. The summed E-state index contributed by atoms with van der Waals surface area (Å²) in [6.07, 6.45) is 0.865. The molecule has 1 saturated heterocycles. The van der Waals surface area contributed by atoms with E-state index in [1.165, 1.54) is 0 Å². The van der Waals surface area contributed by atoms with E-state index in [9.17, 15) is 8.42 Å². The van der Waals surface area contributed by atoms with Crippen LogP contribution < -0.4 is 0 Å². The van der Waals surface area contributed by atoms with Crippen LogP contribution in [0.3, 0.4) is 0 Å². The zero-order valence-corrected chi connectivity index (χ0v) is 15.3. The van der Waals surface area contributed by atoms with Crippen LogP contribution in [0.5, 0.6) is 0 Å². The van der Waals surface area contributed by atoms with E-state index >= 15 is 0 Å². The second-order valence-electron chi connectivity index (χ2n) is 4.81. The van der Waals surface area contributed by atoms with Gasteiger partial charge in [-0.15, -0.1) is 11.3 Å². The van der Waals surface area contributed by atoms with Gasteiger partial charge in [-0.05, 0) is 31.5 Å². The van der Waals surface area contributed by atoms with Gasteiger partial charge in [0.2, 0.25) is 0 Å². The minimum atomic E-state index is -3.40. The molecule has 0 radical (unpaired) electrons. The van der Waals surface area contributed by atoms with E-state index in [2.05, 4.69) is 20.8 Å². The SMILES string of the molecule is Cc1cc(S(=O)(=O)N2CCCN(CCBr)CC2)sc1Cl. The second kappa shape index (κ2) is 7.07. The highest BCUT2D eigenvalue weighted by atomic mass is 79.9. The third-order valence-electron chi connectivity index (χ3n) is 3.38. The Morgan fingerprint density at radius 3 is 2.70 bits per heavy atom. The number of nitrogens with zero attached hydrogens (tertiary/aromatic N) is 2. The number of halogens is 2. The molecule has 20 heavy (non-hydrogen) atoms. The zero-order chi connectivity index (χ0) is 14.8. The molecule has 1 fully saturated rings. The van der Waals surface area contributed by atoms with E-state index in [1.807, 2.05) is 6.92 Å². The van der Waals surface area contributed by atoms with Crippen LogP contribution in [0.15, 0.2) is 10.3 Å². The molecule has 2 heterocycles. The standard InChI is InChI=1S/C12H18BrClN2O2S2/c1-10-9-11(19-12(10)14)20(17,18)16-5-2-4-15(6-3-13)7-8-16/h9H,2-8H2,1H3. The first kappa shape index (κ1) is 16.7. The molecule has 1 aromatic rings. The van der Waals surface area contributed by atoms with Gasteiger partial charge in [-0.2, -0.15) is 4.31 Å². The normalized spacial score (nSPS) is 19.1. The molecule has 4 nitrogen and oxygen atoms in total. The van der Waals surface area contributed by atoms with Gasteiger partial charge in [0.15, 0.2) is 0 Å². The Balaban J connectivity index is 2.13. The van der Waals surface area contributed by atoms with Crippen LogP contribution in [0.25, 0.3) is 0 Å². The van der Waals surface area contributed by atoms with Crippen LogP contribution in [0, 0.1) is 6.92 Å². The number of alkyl halides is 1. The molecule has 0 N–H and O–H groups in total. The number of hydrogen-bond donors (Lipinski definition) is 0. The lowest BCUT2D eigenvalue weighted by Gasteiger charge is -2.20. The van der Waals surface area contributed by atoms with Gasteiger partial charge in [-0.3, -0.25) is 0 Å². The average molecular weight is 402 g/mol. The van der Waals surface area contributed by atoms with Gasteiger partial charge in [-0.25, -0.2) is 8.42 Å². The van der Waals surface area contributed by atoms with Crippen LogP contribution in [0.2, 0.25) is 4.34 Å². The van der Waals surface area contributed by atoms with E-state index in [4.69, 9.17) is 11.6 Å². The van der Waals surface area contributed by atoms with Crippen molar-refractivity contribution in [2.45, 2.75) is 17.6 Å². The van der Waals surface area contributed by atoms with E-state index in [0.29, 0.717) is 21.6 Å². The highest BCUT2D eigenvalue weighted by molar-refractivity contribution is 9.09. The second-order valence-corrected chi connectivity index (χ2v) is 9.42. The molecule has 0 amide bonds. The van der Waals surface area contributed by atoms with Gasteiger partial charge in [-0.1, -0.05) is 27.5 Å². The number of rotatable bonds is 4. The molecular formula is C12H18BrClN2O2S2. The molecule has 0 atom stereocenters. The molecule has 0 aliphatic carbocycles. The van der Waals surface area contributed by atoms with E-state index in [1.54, 1.807) is 10.4 Å². The molecule has 0 spiro atoms. The summed E-state index contributed by atoms with van der Waals surface area (Å²) in [6.45, 7) is 5.64. The third kappa shape index (κ3) is 3.75. The molecule has 8 heteroatoms. The summed E-state index contributed by atoms with van der Waals surface area (Å²) in [5, 5.41) is 0.916. The number of sulfonamides is 1. The van der Waals surface area contributed by atoms with Crippen LogP contribution >= 0.6 is 38.9 Å². The Kier molecular flexibility index (Phi) is 5.90. The van der Waals surface area contributed by atoms with Crippen molar-refractivity contribution in [3.63, 3.8) is 0 Å². The van der Waals surface area contributed by atoms with Crippen molar-refractivity contribution in [3.8, 4) is 0 Å². The van der Waals surface area contributed by atoms with Crippen molar-refractivity contribution in [2.75, 3.05) is 38.1 Å². The number of aryl methyl sites for hydroxylation is 1. The topological polar surface area (TPSA) is 40.6 Å². The highest BCUT2D eigenvalue weighted by Gasteiger charge is 2.28. The predicted molar refractivity (Wildman–Crippen MR) is 87.7 cm³/mol. The zero-order valence-electron chi connectivity index (χ0n) is 11.3. The van der Waals surface area contributed by atoms with E-state index in [-0.39, 0.29) is 0 Å². The van der Waals surface area contributed by atoms with Gasteiger partial charge in [0.05, 0.1) is 4.34 Å². The van der Waals surface area contributed by atoms with Gasteiger partial charge in [0, 0.05) is 31.5 Å². The van der Waals surface area contributed by atoms with Crippen molar-refractivity contribution in [1.82, 2.24) is 9.21 Å². The summed E-state index contributed by atoms with van der Waals surface area (Å²) < 4.78 is 27.7. The first-order valence-electron chi connectivity index (χ1n) is 6.49. The molecule has 1 aromatic heterocycles. The first-order chi connectivity index (χ1) is 9.45. The lowest BCUT2D eigenvalue weighted by molar-refractivity contribution is 0.305. The molecule has 114 valence electrons. The van der Waals surface area contributed by atoms with Crippen LogP contribution in [-0.4, -0.2) is 55.7 Å². The quantitative estimate of drug-likeness (QED) is 0.728. The summed E-state index contributed by atoms with van der Waals surface area (Å²) >= 11 is 10.6. The average Bonchev–Trinajstić information content (AvgIpc) is 2.63. The molecular weight excluding hydrogens is 384 g/mol. The summed E-state index contributed by atoms with van der Waals surface area (Å²) in [5.74, 6) is 0. The fourth-order valence-electron chi connectivity index (χ4n) is 2.22. The number of thiophene rings is 1. The molecule has 0 unspecified atom stereocenters. The maximum atomic E-state index is 12.6. The van der Waals surface area contributed by atoms with Gasteiger partial charge >= 0.3 is 0 Å². The summed E-state index contributed by atoms with van der Waals surface area (Å²) in [7, 11) is -3.40. The Hall–Kier alpha value is 0.340. The molecule has 2 rings (SSSR count). The maximum Gasteiger partial charge on any atom is 0.252 e. The molecule has 0 bridgehead atoms. The Morgan fingerprint density at radius 2 is 2.10 bits per heavy atom. The van der Waals surface area contributed by atoms with Gasteiger partial charge in [0.1, 0.15) is 4.21 Å². The lowest BCUT2D eigenvalue weighted by Crippen LogP contribution is -2.35. The van der Waals surface area contributed by atoms with Crippen molar-refractivity contribution in [3.05, 3.63) is 16.0 Å². The Morgan fingerprint density at radius 1 is 1.35 bits per heavy atom. The fraction of sp³-hybridized carbons (Fsp3) is 0.667. The van der Waals surface area contributed by atoms with Crippen molar-refractivity contribution >= 4 is 48.9 Å². The molecule has 0 saturated carbocycles. The summed E-state index contributed by atoms with van der Waals surface area (Å²) in [6, 6.07) is 1.67. The molecule has 1 aliphatic heterocycles. The van der Waals surface area contributed by atoms with Gasteiger partial charge in [0.25, 0.3) is 10.0 Å². The monoisotopic (exact) mass is 400 g/mol. The maximum absolute atomic E-state index is 12.6. The minimum Gasteiger partial charge on any atom is -0.301 e. The summed E-state index contributed by atoms with van der Waals surface area (Å²) in [5.41, 5.74) is 0.825. The van der Waals surface area contributed by atoms with E-state index < -0.39 is 10.0 Å². The van der Waals surface area contributed by atoms with Crippen LogP contribution in [0.4, 0.5) is 0 Å². The summed E-state index contributed by atoms with van der Waals surface area (Å²) in [4.78, 5) is 2.29. The van der Waals surface area contributed by atoms with Crippen molar-refractivity contribution in [2.24, 2.45) is 0 Å². The largest absolute Gasteiger partial charge is 0.301 e. The van der Waals surface area contributed by atoms with Crippen molar-refractivity contribution in [1.29, 1.82) is 0 Å². The third-order valence-corrected chi connectivity index (χ3v) is 7.63. The highest BCUT2D eigenvalue weighted by Crippen LogP contribution is 2.32. The van der Waals surface area contributed by atoms with E-state index in [0.717, 1.165) is 48.3 Å². The minimum absolute atomic E-state index is 0.356. The molecule has 0 aromatic carbocycles. The van der Waals surface area contributed by atoms with Crippen LogP contribution in [-0.2, 0) is 10.0 Å². The predicted octanol–water partition coefficient (Wildman–Crippen LogP) is 2.80. The molecule has 1 aliphatic rings. The van der Waals surface area contributed by atoms with Gasteiger partial charge < -0.3 is 4.90 Å². The lowest BCUT2D eigenvalue weighted by atomic mass is 10.4. The fourth-order valence-corrected chi connectivity index (χ4v) is 6.05. The van der Waals surface area contributed by atoms with Crippen molar-refractivity contribution < 1.29 is 8.42 Å². The smallest absolute Gasteiger partial charge is 0.252 e.